The SMILES string of the molecule is CCC(N)C(C)Oc1cccc(C(C)C)c1. The number of hydrogen-bond donors (Lipinski definition) is 1. The smallest absolute Gasteiger partial charge is 0.120 e. The summed E-state index contributed by atoms with van der Waals surface area (Å²) in [6.07, 6.45) is 0.998. The molecule has 0 aliphatic heterocycles. The van der Waals surface area contributed by atoms with E-state index >= 15 is 0 Å². The summed E-state index contributed by atoms with van der Waals surface area (Å²) in [5.41, 5.74) is 7.24. The number of benzene rings is 1. The maximum Gasteiger partial charge on any atom is 0.120 e. The van der Waals surface area contributed by atoms with E-state index in [1.807, 2.05) is 19.1 Å². The second kappa shape index (κ2) is 5.90. The Labute approximate surface area is 98.8 Å². The van der Waals surface area contributed by atoms with Gasteiger partial charge >= 0.3 is 0 Å². The van der Waals surface area contributed by atoms with Gasteiger partial charge in [0.25, 0.3) is 0 Å². The van der Waals surface area contributed by atoms with Gasteiger partial charge in [0.15, 0.2) is 0 Å². The van der Waals surface area contributed by atoms with Crippen LogP contribution in [0.25, 0.3) is 0 Å². The van der Waals surface area contributed by atoms with Crippen LogP contribution in [-0.4, -0.2) is 12.1 Å². The third-order valence-corrected chi connectivity index (χ3v) is 2.92. The summed E-state index contributed by atoms with van der Waals surface area (Å²) in [6.45, 7) is 8.46. The van der Waals surface area contributed by atoms with Crippen molar-refractivity contribution in [3.05, 3.63) is 29.8 Å². The third kappa shape index (κ3) is 3.53. The van der Waals surface area contributed by atoms with Gasteiger partial charge in [-0.3, -0.25) is 0 Å². The average Bonchev–Trinajstić information content (AvgIpc) is 2.28. The lowest BCUT2D eigenvalue weighted by Gasteiger charge is -2.20. The minimum absolute atomic E-state index is 0.0624. The zero-order valence-electron chi connectivity index (χ0n) is 10.7. The molecule has 2 atom stereocenters. The summed E-state index contributed by atoms with van der Waals surface area (Å²) in [5, 5.41) is 0. The van der Waals surface area contributed by atoms with Gasteiger partial charge in [-0.1, -0.05) is 32.9 Å². The molecule has 1 aromatic rings. The van der Waals surface area contributed by atoms with Gasteiger partial charge in [0, 0.05) is 6.04 Å². The van der Waals surface area contributed by atoms with Crippen molar-refractivity contribution in [2.45, 2.75) is 52.2 Å². The van der Waals surface area contributed by atoms with Crippen molar-refractivity contribution in [3.63, 3.8) is 0 Å². The fourth-order valence-electron chi connectivity index (χ4n) is 1.58. The number of ether oxygens (including phenoxy) is 1. The Hall–Kier alpha value is -1.02. The minimum Gasteiger partial charge on any atom is -0.489 e. The van der Waals surface area contributed by atoms with Crippen LogP contribution in [0.2, 0.25) is 0 Å². The molecule has 0 saturated heterocycles. The van der Waals surface area contributed by atoms with E-state index in [2.05, 4.69) is 32.9 Å². The highest BCUT2D eigenvalue weighted by Gasteiger charge is 2.12. The Bertz CT molecular complexity index is 322. The minimum atomic E-state index is 0.0624. The largest absolute Gasteiger partial charge is 0.489 e. The summed E-state index contributed by atoms with van der Waals surface area (Å²) in [5.74, 6) is 1.45. The summed E-state index contributed by atoms with van der Waals surface area (Å²) in [7, 11) is 0. The van der Waals surface area contributed by atoms with E-state index in [9.17, 15) is 0 Å². The van der Waals surface area contributed by atoms with Crippen molar-refractivity contribution >= 4 is 0 Å². The van der Waals surface area contributed by atoms with Crippen LogP contribution in [-0.2, 0) is 0 Å². The van der Waals surface area contributed by atoms with Gasteiger partial charge < -0.3 is 10.5 Å². The average molecular weight is 221 g/mol. The molecule has 0 radical (unpaired) electrons. The van der Waals surface area contributed by atoms with Crippen molar-refractivity contribution in [3.8, 4) is 5.75 Å². The molecule has 0 aliphatic rings. The van der Waals surface area contributed by atoms with Gasteiger partial charge in [-0.2, -0.15) is 0 Å². The summed E-state index contributed by atoms with van der Waals surface area (Å²) in [6, 6.07) is 8.35. The predicted octanol–water partition coefficient (Wildman–Crippen LogP) is 3.31. The second-order valence-electron chi connectivity index (χ2n) is 4.62. The molecule has 2 unspecified atom stereocenters. The maximum atomic E-state index is 5.94. The lowest BCUT2D eigenvalue weighted by Crippen LogP contribution is -2.35. The van der Waals surface area contributed by atoms with E-state index in [1.54, 1.807) is 0 Å². The van der Waals surface area contributed by atoms with E-state index in [4.69, 9.17) is 10.5 Å². The van der Waals surface area contributed by atoms with E-state index in [-0.39, 0.29) is 12.1 Å². The highest BCUT2D eigenvalue weighted by Crippen LogP contribution is 2.21. The lowest BCUT2D eigenvalue weighted by molar-refractivity contribution is 0.187. The standard InChI is InChI=1S/C14H23NO/c1-5-14(15)11(4)16-13-8-6-7-12(9-13)10(2)3/h6-11,14H,5,15H2,1-4H3. The highest BCUT2D eigenvalue weighted by atomic mass is 16.5. The van der Waals surface area contributed by atoms with Crippen molar-refractivity contribution in [2.24, 2.45) is 5.73 Å². The van der Waals surface area contributed by atoms with E-state index in [1.165, 1.54) is 5.56 Å². The lowest BCUT2D eigenvalue weighted by atomic mass is 10.0. The van der Waals surface area contributed by atoms with Crippen LogP contribution in [0.4, 0.5) is 0 Å². The first-order valence-electron chi connectivity index (χ1n) is 6.06. The van der Waals surface area contributed by atoms with E-state index in [0.29, 0.717) is 5.92 Å². The molecule has 2 nitrogen and oxygen atoms in total. The number of hydrogen-bond acceptors (Lipinski definition) is 2. The zero-order valence-corrected chi connectivity index (χ0v) is 10.7. The molecule has 1 rings (SSSR count). The Balaban J connectivity index is 2.70. The fraction of sp³-hybridized carbons (Fsp3) is 0.571. The number of nitrogens with two attached hydrogens (primary N) is 1. The maximum absolute atomic E-state index is 5.94. The normalized spacial score (nSPS) is 14.9. The van der Waals surface area contributed by atoms with Crippen molar-refractivity contribution in [1.82, 2.24) is 0 Å². The molecule has 0 aliphatic carbocycles. The molecule has 0 aromatic heterocycles. The van der Waals surface area contributed by atoms with Gasteiger partial charge in [0.05, 0.1) is 0 Å². The van der Waals surface area contributed by atoms with Crippen LogP contribution in [0.5, 0.6) is 5.75 Å². The van der Waals surface area contributed by atoms with Crippen LogP contribution >= 0.6 is 0 Å². The number of rotatable bonds is 5. The van der Waals surface area contributed by atoms with Crippen molar-refractivity contribution in [2.75, 3.05) is 0 Å². The Morgan fingerprint density at radius 3 is 2.50 bits per heavy atom. The summed E-state index contributed by atoms with van der Waals surface area (Å²) < 4.78 is 5.83. The molecular formula is C14H23NO. The molecule has 16 heavy (non-hydrogen) atoms. The Kier molecular flexibility index (Phi) is 4.81. The third-order valence-electron chi connectivity index (χ3n) is 2.92. The van der Waals surface area contributed by atoms with Crippen LogP contribution in [0.3, 0.4) is 0 Å². The van der Waals surface area contributed by atoms with Gasteiger partial charge in [-0.15, -0.1) is 0 Å². The Morgan fingerprint density at radius 2 is 1.94 bits per heavy atom. The first-order valence-corrected chi connectivity index (χ1v) is 6.06. The molecule has 0 heterocycles. The van der Waals surface area contributed by atoms with Crippen molar-refractivity contribution in [1.29, 1.82) is 0 Å². The molecule has 2 heteroatoms. The van der Waals surface area contributed by atoms with Gasteiger partial charge in [-0.05, 0) is 37.0 Å². The molecule has 0 amide bonds. The highest BCUT2D eigenvalue weighted by molar-refractivity contribution is 5.30. The van der Waals surface area contributed by atoms with Crippen LogP contribution in [0, 0.1) is 0 Å². The molecule has 0 saturated carbocycles. The Morgan fingerprint density at radius 1 is 1.25 bits per heavy atom. The molecule has 2 N–H and O–H groups in total. The van der Waals surface area contributed by atoms with Gasteiger partial charge in [0.1, 0.15) is 11.9 Å². The van der Waals surface area contributed by atoms with Crippen molar-refractivity contribution < 1.29 is 4.74 Å². The van der Waals surface area contributed by atoms with E-state index < -0.39 is 0 Å². The monoisotopic (exact) mass is 221 g/mol. The van der Waals surface area contributed by atoms with Crippen LogP contribution < -0.4 is 10.5 Å². The fourth-order valence-corrected chi connectivity index (χ4v) is 1.58. The van der Waals surface area contributed by atoms with Crippen LogP contribution in [0.1, 0.15) is 45.6 Å². The van der Waals surface area contributed by atoms with E-state index in [0.717, 1.165) is 12.2 Å². The van der Waals surface area contributed by atoms with Crippen LogP contribution in [0.15, 0.2) is 24.3 Å². The van der Waals surface area contributed by atoms with Gasteiger partial charge in [-0.25, -0.2) is 0 Å². The molecule has 0 fully saturated rings. The van der Waals surface area contributed by atoms with Gasteiger partial charge in [0.2, 0.25) is 0 Å². The molecule has 0 bridgehead atoms. The topological polar surface area (TPSA) is 35.2 Å². The summed E-state index contributed by atoms with van der Waals surface area (Å²) in [4.78, 5) is 0. The molecule has 0 spiro atoms. The summed E-state index contributed by atoms with van der Waals surface area (Å²) >= 11 is 0. The molecular weight excluding hydrogens is 198 g/mol. The molecule has 90 valence electrons. The zero-order chi connectivity index (χ0) is 12.1. The first-order chi connectivity index (χ1) is 7.54. The first kappa shape index (κ1) is 13.0. The predicted molar refractivity (Wildman–Crippen MR) is 68.9 cm³/mol. The molecule has 1 aromatic carbocycles. The quantitative estimate of drug-likeness (QED) is 0.828. The second-order valence-corrected chi connectivity index (χ2v) is 4.62.